The fourth-order valence-corrected chi connectivity index (χ4v) is 3.12. The van der Waals surface area contributed by atoms with Crippen LogP contribution in [-0.2, 0) is 17.8 Å². The molecule has 0 saturated carbocycles. The van der Waals surface area contributed by atoms with Gasteiger partial charge in [0.1, 0.15) is 11.6 Å². The zero-order valence-electron chi connectivity index (χ0n) is 13.8. The van der Waals surface area contributed by atoms with Gasteiger partial charge in [-0.1, -0.05) is 13.8 Å². The van der Waals surface area contributed by atoms with Crippen LogP contribution in [0.1, 0.15) is 43.1 Å². The molecular weight excluding hydrogens is 290 g/mol. The normalized spacial score (nSPS) is 17.1. The maximum atomic E-state index is 12.6. The van der Waals surface area contributed by atoms with Crippen molar-refractivity contribution in [2.24, 2.45) is 5.92 Å². The van der Waals surface area contributed by atoms with Gasteiger partial charge in [0, 0.05) is 37.0 Å². The molecule has 122 valence electrons. The van der Waals surface area contributed by atoms with E-state index in [-0.39, 0.29) is 23.5 Å². The van der Waals surface area contributed by atoms with Gasteiger partial charge in [-0.2, -0.15) is 0 Å². The summed E-state index contributed by atoms with van der Waals surface area (Å²) in [5, 5.41) is 13.1. The molecule has 3 rings (SSSR count). The molecule has 0 saturated heterocycles. The van der Waals surface area contributed by atoms with Gasteiger partial charge in [0.15, 0.2) is 0 Å². The van der Waals surface area contributed by atoms with Crippen molar-refractivity contribution in [2.45, 2.75) is 46.1 Å². The molecule has 0 fully saturated rings. The fourth-order valence-electron chi connectivity index (χ4n) is 3.12. The number of nitrogens with zero attached hydrogens (tertiary/aromatic N) is 2. The minimum atomic E-state index is -0.0550. The van der Waals surface area contributed by atoms with Crippen molar-refractivity contribution >= 4 is 11.6 Å². The lowest BCUT2D eigenvalue weighted by Crippen LogP contribution is -2.30. The van der Waals surface area contributed by atoms with E-state index >= 15 is 0 Å². The molecule has 1 aliphatic rings. The second-order valence-corrected chi connectivity index (χ2v) is 6.60. The highest BCUT2D eigenvalue weighted by molar-refractivity contribution is 5.93. The molecule has 0 radical (unpaired) electrons. The van der Waals surface area contributed by atoms with Crippen molar-refractivity contribution in [2.75, 3.05) is 5.32 Å². The first-order valence-corrected chi connectivity index (χ1v) is 8.10. The predicted molar refractivity (Wildman–Crippen MR) is 89.6 cm³/mol. The number of hydrogen-bond donors (Lipinski definition) is 2. The van der Waals surface area contributed by atoms with E-state index in [0.717, 1.165) is 35.6 Å². The minimum absolute atomic E-state index is 0.0303. The quantitative estimate of drug-likeness (QED) is 0.855. The van der Waals surface area contributed by atoms with E-state index in [1.165, 1.54) is 0 Å². The van der Waals surface area contributed by atoms with Crippen LogP contribution in [-0.4, -0.2) is 20.6 Å². The predicted octanol–water partition coefficient (Wildman–Crippen LogP) is 3.22. The van der Waals surface area contributed by atoms with E-state index in [9.17, 15) is 9.90 Å². The van der Waals surface area contributed by atoms with Crippen molar-refractivity contribution in [1.82, 2.24) is 9.55 Å². The summed E-state index contributed by atoms with van der Waals surface area (Å²) in [6, 6.07) is 3.61. The van der Waals surface area contributed by atoms with Gasteiger partial charge >= 0.3 is 0 Å². The molecule has 1 aromatic carbocycles. The highest BCUT2D eigenvalue weighted by atomic mass is 16.3. The summed E-state index contributed by atoms with van der Waals surface area (Å²) < 4.78 is 2.10. The number of aromatic hydroxyl groups is 1. The van der Waals surface area contributed by atoms with Gasteiger partial charge in [-0.05, 0) is 42.5 Å². The Morgan fingerprint density at radius 2 is 2.22 bits per heavy atom. The SMILES string of the molecule is Cc1cc(O)c(C(C)C)cc1NC(=O)[C@H]1CCn2ccnc2C1. The average Bonchev–Trinajstić information content (AvgIpc) is 2.96. The van der Waals surface area contributed by atoms with Crippen LogP contribution in [0.3, 0.4) is 0 Å². The molecule has 2 N–H and O–H groups in total. The third-order valence-corrected chi connectivity index (χ3v) is 4.57. The number of phenols is 1. The van der Waals surface area contributed by atoms with Crippen molar-refractivity contribution in [3.8, 4) is 5.75 Å². The van der Waals surface area contributed by atoms with Gasteiger partial charge in [0.2, 0.25) is 5.91 Å². The molecule has 0 bridgehead atoms. The number of carbonyl (C=O) groups excluding carboxylic acids is 1. The first-order valence-electron chi connectivity index (χ1n) is 8.10. The molecule has 2 aromatic rings. The molecule has 23 heavy (non-hydrogen) atoms. The number of carbonyl (C=O) groups is 1. The van der Waals surface area contributed by atoms with Crippen molar-refractivity contribution in [1.29, 1.82) is 0 Å². The topological polar surface area (TPSA) is 67.2 Å². The third-order valence-electron chi connectivity index (χ3n) is 4.57. The molecule has 2 heterocycles. The largest absolute Gasteiger partial charge is 0.508 e. The van der Waals surface area contributed by atoms with Gasteiger partial charge in [-0.15, -0.1) is 0 Å². The van der Waals surface area contributed by atoms with Crippen molar-refractivity contribution in [3.05, 3.63) is 41.5 Å². The molecule has 5 heteroatoms. The van der Waals surface area contributed by atoms with E-state index < -0.39 is 0 Å². The lowest BCUT2D eigenvalue weighted by Gasteiger charge is -2.23. The first kappa shape index (κ1) is 15.6. The number of amides is 1. The Morgan fingerprint density at radius 1 is 1.43 bits per heavy atom. The number of aromatic nitrogens is 2. The van der Waals surface area contributed by atoms with E-state index in [1.54, 1.807) is 12.3 Å². The third kappa shape index (κ3) is 3.09. The standard InChI is InChI=1S/C18H23N3O2/c1-11(2)14-10-15(12(3)8-16(14)22)20-18(23)13-4-6-21-7-5-19-17(21)9-13/h5,7-8,10-11,13,22H,4,6,9H2,1-3H3,(H,20,23)/t13-/m0/s1. The smallest absolute Gasteiger partial charge is 0.228 e. The maximum absolute atomic E-state index is 12.6. The molecule has 1 atom stereocenters. The number of benzene rings is 1. The molecule has 1 aromatic heterocycles. The van der Waals surface area contributed by atoms with Crippen LogP contribution >= 0.6 is 0 Å². The molecule has 0 aliphatic carbocycles. The highest BCUT2D eigenvalue weighted by Gasteiger charge is 2.26. The van der Waals surface area contributed by atoms with Crippen LogP contribution < -0.4 is 5.32 Å². The van der Waals surface area contributed by atoms with Gasteiger partial charge in [-0.25, -0.2) is 4.98 Å². The summed E-state index contributed by atoms with van der Waals surface area (Å²) in [6.45, 7) is 6.78. The van der Waals surface area contributed by atoms with Gasteiger partial charge < -0.3 is 15.0 Å². The summed E-state index contributed by atoms with van der Waals surface area (Å²) in [5.74, 6) is 1.44. The van der Waals surface area contributed by atoms with Gasteiger partial charge in [0.05, 0.1) is 0 Å². The van der Waals surface area contributed by atoms with E-state index in [2.05, 4.69) is 14.9 Å². The van der Waals surface area contributed by atoms with Crippen molar-refractivity contribution < 1.29 is 9.90 Å². The summed E-state index contributed by atoms with van der Waals surface area (Å²) in [5.41, 5.74) is 2.51. The van der Waals surface area contributed by atoms with Crippen LogP contribution in [0.25, 0.3) is 0 Å². The summed E-state index contributed by atoms with van der Waals surface area (Å²) in [7, 11) is 0. The zero-order valence-corrected chi connectivity index (χ0v) is 13.8. The summed E-state index contributed by atoms with van der Waals surface area (Å²) >= 11 is 0. The first-order chi connectivity index (χ1) is 11.0. The second-order valence-electron chi connectivity index (χ2n) is 6.60. The van der Waals surface area contributed by atoms with Crippen LogP contribution in [0.4, 0.5) is 5.69 Å². The molecular formula is C18H23N3O2. The summed E-state index contributed by atoms with van der Waals surface area (Å²) in [4.78, 5) is 16.9. The average molecular weight is 313 g/mol. The van der Waals surface area contributed by atoms with Crippen LogP contribution in [0.15, 0.2) is 24.5 Å². The zero-order chi connectivity index (χ0) is 16.6. The Hall–Kier alpha value is -2.30. The maximum Gasteiger partial charge on any atom is 0.228 e. The number of hydrogen-bond acceptors (Lipinski definition) is 3. The Kier molecular flexibility index (Phi) is 4.11. The Labute approximate surface area is 136 Å². The van der Waals surface area contributed by atoms with Crippen LogP contribution in [0.2, 0.25) is 0 Å². The molecule has 1 aliphatic heterocycles. The van der Waals surface area contributed by atoms with Crippen LogP contribution in [0, 0.1) is 12.8 Å². The number of aryl methyl sites for hydroxylation is 2. The number of fused-ring (bicyclic) bond motifs is 1. The molecule has 0 spiro atoms. The molecule has 5 nitrogen and oxygen atoms in total. The minimum Gasteiger partial charge on any atom is -0.508 e. The van der Waals surface area contributed by atoms with Gasteiger partial charge in [-0.3, -0.25) is 4.79 Å². The number of nitrogens with one attached hydrogen (secondary N) is 1. The van der Waals surface area contributed by atoms with E-state index in [4.69, 9.17) is 0 Å². The Bertz CT molecular complexity index is 734. The number of anilines is 1. The Balaban J connectivity index is 1.77. The monoisotopic (exact) mass is 313 g/mol. The molecule has 1 amide bonds. The number of phenolic OH excluding ortho intramolecular Hbond substituents is 1. The van der Waals surface area contributed by atoms with Crippen molar-refractivity contribution in [3.63, 3.8) is 0 Å². The molecule has 0 unspecified atom stereocenters. The number of rotatable bonds is 3. The fraction of sp³-hybridized carbons (Fsp3) is 0.444. The van der Waals surface area contributed by atoms with E-state index in [1.807, 2.05) is 33.0 Å². The second kappa shape index (κ2) is 6.07. The Morgan fingerprint density at radius 3 is 2.96 bits per heavy atom. The highest BCUT2D eigenvalue weighted by Crippen LogP contribution is 2.31. The van der Waals surface area contributed by atoms with E-state index in [0.29, 0.717) is 6.42 Å². The lowest BCUT2D eigenvalue weighted by atomic mass is 9.95. The lowest BCUT2D eigenvalue weighted by molar-refractivity contribution is -0.120. The van der Waals surface area contributed by atoms with Crippen LogP contribution in [0.5, 0.6) is 5.75 Å². The number of imidazole rings is 1. The van der Waals surface area contributed by atoms with Gasteiger partial charge in [0.25, 0.3) is 0 Å². The summed E-state index contributed by atoms with van der Waals surface area (Å²) in [6.07, 6.45) is 5.24.